The maximum atomic E-state index is 12.5. The van der Waals surface area contributed by atoms with Crippen molar-refractivity contribution in [1.82, 2.24) is 10.2 Å². The number of ether oxygens (including phenoxy) is 1. The van der Waals surface area contributed by atoms with E-state index < -0.39 is 0 Å². The summed E-state index contributed by atoms with van der Waals surface area (Å²) in [5.41, 5.74) is 3.63. The van der Waals surface area contributed by atoms with Gasteiger partial charge in [-0.15, -0.1) is 0 Å². The van der Waals surface area contributed by atoms with Crippen molar-refractivity contribution >= 4 is 5.91 Å². The SMILES string of the molecule is O=C(NCC1CCOCC1)c1ccc2c(c1)CCN(C1CCC1)CC2. The van der Waals surface area contributed by atoms with Crippen molar-refractivity contribution < 1.29 is 9.53 Å². The monoisotopic (exact) mass is 342 g/mol. The highest BCUT2D eigenvalue weighted by Gasteiger charge is 2.26. The molecule has 1 aromatic rings. The highest BCUT2D eigenvalue weighted by atomic mass is 16.5. The molecule has 1 saturated heterocycles. The van der Waals surface area contributed by atoms with Gasteiger partial charge in [-0.25, -0.2) is 0 Å². The Morgan fingerprint density at radius 3 is 2.56 bits per heavy atom. The molecule has 2 aliphatic heterocycles. The van der Waals surface area contributed by atoms with E-state index in [1.165, 1.54) is 36.9 Å². The number of fused-ring (bicyclic) bond motifs is 1. The Hall–Kier alpha value is -1.39. The molecule has 0 radical (unpaired) electrons. The van der Waals surface area contributed by atoms with Gasteiger partial charge in [-0.2, -0.15) is 0 Å². The molecule has 0 atom stereocenters. The van der Waals surface area contributed by atoms with Gasteiger partial charge in [0.05, 0.1) is 0 Å². The molecule has 4 nitrogen and oxygen atoms in total. The lowest BCUT2D eigenvalue weighted by Crippen LogP contribution is -2.41. The Kier molecular flexibility index (Phi) is 5.37. The first-order valence-corrected chi connectivity index (χ1v) is 10.0. The fourth-order valence-corrected chi connectivity index (χ4v) is 4.29. The molecule has 1 N–H and O–H groups in total. The summed E-state index contributed by atoms with van der Waals surface area (Å²) in [6.07, 6.45) is 8.45. The molecule has 4 rings (SSSR count). The van der Waals surface area contributed by atoms with E-state index in [-0.39, 0.29) is 5.91 Å². The van der Waals surface area contributed by atoms with E-state index in [0.717, 1.165) is 63.6 Å². The summed E-state index contributed by atoms with van der Waals surface area (Å²) >= 11 is 0. The molecule has 0 aromatic heterocycles. The zero-order valence-electron chi connectivity index (χ0n) is 15.1. The predicted molar refractivity (Wildman–Crippen MR) is 98.9 cm³/mol. The first kappa shape index (κ1) is 17.0. The zero-order valence-corrected chi connectivity index (χ0v) is 15.1. The van der Waals surface area contributed by atoms with Crippen LogP contribution in [0.25, 0.3) is 0 Å². The summed E-state index contributed by atoms with van der Waals surface area (Å²) in [5.74, 6) is 0.643. The minimum atomic E-state index is 0.0781. The maximum absolute atomic E-state index is 12.5. The standard InChI is InChI=1S/C21H30N2O2/c24-21(22-15-16-8-12-25-13-9-16)19-5-4-17-6-10-23(20-2-1-3-20)11-7-18(17)14-19/h4-5,14,16,20H,1-3,6-13,15H2,(H,22,24). The van der Waals surface area contributed by atoms with Crippen LogP contribution in [-0.2, 0) is 17.6 Å². The Balaban J connectivity index is 1.35. The second-order valence-corrected chi connectivity index (χ2v) is 7.87. The van der Waals surface area contributed by atoms with E-state index in [1.54, 1.807) is 0 Å². The van der Waals surface area contributed by atoms with Crippen molar-refractivity contribution in [2.24, 2.45) is 5.92 Å². The van der Waals surface area contributed by atoms with Gasteiger partial charge in [0.25, 0.3) is 5.91 Å². The topological polar surface area (TPSA) is 41.6 Å². The smallest absolute Gasteiger partial charge is 0.251 e. The van der Waals surface area contributed by atoms with Crippen LogP contribution in [0, 0.1) is 5.92 Å². The Morgan fingerprint density at radius 2 is 1.84 bits per heavy atom. The van der Waals surface area contributed by atoms with Gasteiger partial charge in [0.2, 0.25) is 0 Å². The molecule has 1 aromatic carbocycles. The molecule has 4 heteroatoms. The van der Waals surface area contributed by atoms with Crippen LogP contribution in [0.2, 0.25) is 0 Å². The number of hydrogen-bond donors (Lipinski definition) is 1. The van der Waals surface area contributed by atoms with Crippen molar-refractivity contribution in [2.45, 2.75) is 51.0 Å². The summed E-state index contributed by atoms with van der Waals surface area (Å²) in [7, 11) is 0. The van der Waals surface area contributed by atoms with Gasteiger partial charge < -0.3 is 10.1 Å². The summed E-state index contributed by atoms with van der Waals surface area (Å²) in [5, 5.41) is 3.13. The fourth-order valence-electron chi connectivity index (χ4n) is 4.29. The van der Waals surface area contributed by atoms with Crippen LogP contribution in [0.5, 0.6) is 0 Å². The van der Waals surface area contributed by atoms with E-state index in [1.807, 2.05) is 6.07 Å². The van der Waals surface area contributed by atoms with E-state index >= 15 is 0 Å². The lowest BCUT2D eigenvalue weighted by atomic mass is 9.91. The van der Waals surface area contributed by atoms with Gasteiger partial charge in [-0.05, 0) is 67.7 Å². The second-order valence-electron chi connectivity index (χ2n) is 7.87. The molecule has 0 unspecified atom stereocenters. The van der Waals surface area contributed by atoms with Crippen LogP contribution < -0.4 is 5.32 Å². The molecule has 2 heterocycles. The molecular weight excluding hydrogens is 312 g/mol. The summed E-state index contributed by atoms with van der Waals surface area (Å²) in [6.45, 7) is 4.75. The molecule has 0 spiro atoms. The average molecular weight is 342 g/mol. The number of hydrogen-bond acceptors (Lipinski definition) is 3. The number of amides is 1. The van der Waals surface area contributed by atoms with Gasteiger partial charge >= 0.3 is 0 Å². The first-order chi connectivity index (χ1) is 12.3. The number of benzene rings is 1. The van der Waals surface area contributed by atoms with Gasteiger partial charge in [0.1, 0.15) is 0 Å². The third kappa shape index (κ3) is 4.06. The highest BCUT2D eigenvalue weighted by Crippen LogP contribution is 2.27. The van der Waals surface area contributed by atoms with Gasteiger partial charge in [0, 0.05) is 44.5 Å². The fraction of sp³-hybridized carbons (Fsp3) is 0.667. The maximum Gasteiger partial charge on any atom is 0.251 e. The molecular formula is C21H30N2O2. The quantitative estimate of drug-likeness (QED) is 0.915. The van der Waals surface area contributed by atoms with Crippen molar-refractivity contribution in [3.8, 4) is 0 Å². The van der Waals surface area contributed by atoms with Crippen LogP contribution >= 0.6 is 0 Å². The van der Waals surface area contributed by atoms with E-state index in [0.29, 0.717) is 5.92 Å². The lowest BCUT2D eigenvalue weighted by Gasteiger charge is -2.36. The minimum Gasteiger partial charge on any atom is -0.381 e. The number of rotatable bonds is 4. The molecule has 136 valence electrons. The Morgan fingerprint density at radius 1 is 1.08 bits per heavy atom. The van der Waals surface area contributed by atoms with Gasteiger partial charge in [-0.1, -0.05) is 12.5 Å². The van der Waals surface area contributed by atoms with Crippen LogP contribution in [0.1, 0.15) is 53.6 Å². The van der Waals surface area contributed by atoms with Gasteiger partial charge in [-0.3, -0.25) is 9.69 Å². The van der Waals surface area contributed by atoms with Crippen LogP contribution in [0.3, 0.4) is 0 Å². The van der Waals surface area contributed by atoms with Crippen molar-refractivity contribution in [2.75, 3.05) is 32.8 Å². The summed E-state index contributed by atoms with van der Waals surface area (Å²) < 4.78 is 5.39. The molecule has 1 saturated carbocycles. The zero-order chi connectivity index (χ0) is 17.1. The van der Waals surface area contributed by atoms with Crippen molar-refractivity contribution in [1.29, 1.82) is 0 Å². The summed E-state index contributed by atoms with van der Waals surface area (Å²) in [6, 6.07) is 7.15. The number of carbonyl (C=O) groups is 1. The normalized spacial score (nSPS) is 22.7. The molecule has 2 fully saturated rings. The third-order valence-corrected chi connectivity index (χ3v) is 6.29. The molecule has 0 bridgehead atoms. The van der Waals surface area contributed by atoms with E-state index in [4.69, 9.17) is 4.74 Å². The van der Waals surface area contributed by atoms with E-state index in [2.05, 4.69) is 22.3 Å². The Labute approximate surface area is 150 Å². The third-order valence-electron chi connectivity index (χ3n) is 6.29. The largest absolute Gasteiger partial charge is 0.381 e. The summed E-state index contributed by atoms with van der Waals surface area (Å²) in [4.78, 5) is 15.2. The number of nitrogens with one attached hydrogen (secondary N) is 1. The highest BCUT2D eigenvalue weighted by molar-refractivity contribution is 5.94. The lowest BCUT2D eigenvalue weighted by molar-refractivity contribution is 0.0642. The first-order valence-electron chi connectivity index (χ1n) is 10.0. The van der Waals surface area contributed by atoms with E-state index in [9.17, 15) is 4.79 Å². The van der Waals surface area contributed by atoms with Crippen molar-refractivity contribution in [3.05, 3.63) is 34.9 Å². The molecule has 3 aliphatic rings. The van der Waals surface area contributed by atoms with Crippen molar-refractivity contribution in [3.63, 3.8) is 0 Å². The molecule has 25 heavy (non-hydrogen) atoms. The number of nitrogens with zero attached hydrogens (tertiary/aromatic N) is 1. The van der Waals surface area contributed by atoms with Crippen LogP contribution in [0.15, 0.2) is 18.2 Å². The van der Waals surface area contributed by atoms with Crippen LogP contribution in [-0.4, -0.2) is 49.7 Å². The molecule has 1 amide bonds. The number of carbonyl (C=O) groups excluding carboxylic acids is 1. The molecule has 1 aliphatic carbocycles. The second kappa shape index (κ2) is 7.88. The van der Waals surface area contributed by atoms with Gasteiger partial charge in [0.15, 0.2) is 0 Å². The minimum absolute atomic E-state index is 0.0781. The average Bonchev–Trinajstić information content (AvgIpc) is 2.81. The predicted octanol–water partition coefficient (Wildman–Crippen LogP) is 2.80. The Bertz CT molecular complexity index is 606. The van der Waals surface area contributed by atoms with Crippen LogP contribution in [0.4, 0.5) is 0 Å².